The summed E-state index contributed by atoms with van der Waals surface area (Å²) < 4.78 is 0. The molecule has 92 valence electrons. The third kappa shape index (κ3) is 3.70. The van der Waals surface area contributed by atoms with Gasteiger partial charge < -0.3 is 0 Å². The van der Waals surface area contributed by atoms with Crippen LogP contribution in [0.15, 0.2) is 0 Å². The van der Waals surface area contributed by atoms with Crippen LogP contribution in [-0.2, 0) is 14.6 Å². The van der Waals surface area contributed by atoms with E-state index in [9.17, 15) is 9.59 Å². The van der Waals surface area contributed by atoms with Crippen LogP contribution in [0.5, 0.6) is 0 Å². The summed E-state index contributed by atoms with van der Waals surface area (Å²) in [6, 6.07) is 0. The van der Waals surface area contributed by atoms with Crippen molar-refractivity contribution in [2.75, 3.05) is 5.75 Å². The van der Waals surface area contributed by atoms with Crippen molar-refractivity contribution >= 4 is 23.0 Å². The molecular formula is C11H18O4S. The Balaban J connectivity index is 2.36. The molecule has 0 aromatic carbocycles. The van der Waals surface area contributed by atoms with Crippen molar-refractivity contribution in [2.45, 2.75) is 46.0 Å². The summed E-state index contributed by atoms with van der Waals surface area (Å²) in [4.78, 5) is 31.7. The van der Waals surface area contributed by atoms with Crippen molar-refractivity contribution in [3.63, 3.8) is 0 Å². The smallest absolute Gasteiger partial charge is 0.247 e. The average Bonchev–Trinajstić information content (AvgIpc) is 2.27. The maximum Gasteiger partial charge on any atom is 0.413 e. The van der Waals surface area contributed by atoms with Crippen LogP contribution < -0.4 is 0 Å². The van der Waals surface area contributed by atoms with Crippen molar-refractivity contribution in [1.82, 2.24) is 0 Å². The van der Waals surface area contributed by atoms with Crippen LogP contribution in [0.3, 0.4) is 0 Å². The molecule has 1 aliphatic rings. The van der Waals surface area contributed by atoms with Crippen LogP contribution in [-0.4, -0.2) is 17.0 Å². The monoisotopic (exact) mass is 246 g/mol. The third-order valence-electron chi connectivity index (χ3n) is 2.90. The SMILES string of the molecule is CCSC(=O)OOC(=O)C1(C)CCCCC1. The molecule has 5 heteroatoms. The Morgan fingerprint density at radius 1 is 1.19 bits per heavy atom. The summed E-state index contributed by atoms with van der Waals surface area (Å²) in [7, 11) is 0. The van der Waals surface area contributed by atoms with Crippen molar-refractivity contribution in [3.05, 3.63) is 0 Å². The Morgan fingerprint density at radius 3 is 2.38 bits per heavy atom. The van der Waals surface area contributed by atoms with E-state index in [0.29, 0.717) is 5.75 Å². The number of rotatable bonds is 2. The van der Waals surface area contributed by atoms with E-state index in [-0.39, 0.29) is 0 Å². The highest BCUT2D eigenvalue weighted by Crippen LogP contribution is 2.36. The highest BCUT2D eigenvalue weighted by molar-refractivity contribution is 8.13. The van der Waals surface area contributed by atoms with Gasteiger partial charge in [0.25, 0.3) is 0 Å². The first-order valence-electron chi connectivity index (χ1n) is 5.64. The van der Waals surface area contributed by atoms with Gasteiger partial charge in [-0.2, -0.15) is 0 Å². The van der Waals surface area contributed by atoms with E-state index in [0.717, 1.165) is 43.9 Å². The van der Waals surface area contributed by atoms with Crippen LogP contribution in [0.2, 0.25) is 0 Å². The van der Waals surface area contributed by atoms with Crippen LogP contribution >= 0.6 is 11.8 Å². The lowest BCUT2D eigenvalue weighted by atomic mass is 9.76. The summed E-state index contributed by atoms with van der Waals surface area (Å²) in [5.74, 6) is 0.186. The molecule has 1 aliphatic carbocycles. The summed E-state index contributed by atoms with van der Waals surface area (Å²) in [6.45, 7) is 3.70. The van der Waals surface area contributed by atoms with E-state index in [1.165, 1.54) is 0 Å². The number of carbonyl (C=O) groups excluding carboxylic acids is 2. The van der Waals surface area contributed by atoms with E-state index in [1.807, 2.05) is 13.8 Å². The van der Waals surface area contributed by atoms with Crippen molar-refractivity contribution in [2.24, 2.45) is 5.41 Å². The minimum atomic E-state index is -0.560. The molecule has 0 saturated heterocycles. The first-order chi connectivity index (χ1) is 7.58. The molecule has 0 amide bonds. The summed E-state index contributed by atoms with van der Waals surface area (Å²) >= 11 is 0.980. The van der Waals surface area contributed by atoms with Gasteiger partial charge in [0.15, 0.2) is 0 Å². The van der Waals surface area contributed by atoms with Gasteiger partial charge in [-0.25, -0.2) is 19.4 Å². The first kappa shape index (κ1) is 13.4. The van der Waals surface area contributed by atoms with Gasteiger partial charge in [-0.1, -0.05) is 26.2 Å². The standard InChI is InChI=1S/C11H18O4S/c1-3-16-10(13)15-14-9(12)11(2)7-5-4-6-8-11/h3-8H2,1-2H3. The number of carbonyl (C=O) groups is 2. The van der Waals surface area contributed by atoms with Gasteiger partial charge in [0, 0.05) is 5.75 Å². The Kier molecular flexibility index (Phi) is 5.12. The normalized spacial score (nSPS) is 18.9. The number of thioether (sulfide) groups is 1. The molecule has 0 heterocycles. The molecule has 16 heavy (non-hydrogen) atoms. The summed E-state index contributed by atoms with van der Waals surface area (Å²) in [5.41, 5.74) is -0.477. The van der Waals surface area contributed by atoms with Gasteiger partial charge in [-0.15, -0.1) is 0 Å². The van der Waals surface area contributed by atoms with Gasteiger partial charge >= 0.3 is 11.3 Å². The Labute approximate surface area is 100.0 Å². The summed E-state index contributed by atoms with van der Waals surface area (Å²) in [5, 5.41) is -0.560. The van der Waals surface area contributed by atoms with E-state index in [1.54, 1.807) is 0 Å². The first-order valence-corrected chi connectivity index (χ1v) is 6.63. The molecule has 1 fully saturated rings. The number of hydrogen-bond donors (Lipinski definition) is 0. The van der Waals surface area contributed by atoms with Crippen molar-refractivity contribution < 1.29 is 19.4 Å². The second-order valence-corrected chi connectivity index (χ2v) is 5.46. The quantitative estimate of drug-likeness (QED) is 0.552. The second kappa shape index (κ2) is 6.13. The van der Waals surface area contributed by atoms with Gasteiger partial charge in [0.05, 0.1) is 5.41 Å². The van der Waals surface area contributed by atoms with Gasteiger partial charge in [-0.05, 0) is 31.5 Å². The fraction of sp³-hybridized carbons (Fsp3) is 0.818. The van der Waals surface area contributed by atoms with Crippen LogP contribution in [0, 0.1) is 5.41 Å². The maximum absolute atomic E-state index is 11.7. The molecule has 0 N–H and O–H groups in total. The lowest BCUT2D eigenvalue weighted by Crippen LogP contribution is -2.32. The zero-order valence-electron chi connectivity index (χ0n) is 9.78. The lowest BCUT2D eigenvalue weighted by molar-refractivity contribution is -0.239. The van der Waals surface area contributed by atoms with E-state index in [2.05, 4.69) is 9.78 Å². The van der Waals surface area contributed by atoms with E-state index < -0.39 is 16.7 Å². The average molecular weight is 246 g/mol. The van der Waals surface area contributed by atoms with Crippen LogP contribution in [0.25, 0.3) is 0 Å². The Hall–Kier alpha value is -0.710. The third-order valence-corrected chi connectivity index (χ3v) is 3.49. The molecule has 0 atom stereocenters. The molecule has 0 unspecified atom stereocenters. The minimum absolute atomic E-state index is 0.419. The zero-order valence-corrected chi connectivity index (χ0v) is 10.6. The Bertz CT molecular complexity index is 259. The van der Waals surface area contributed by atoms with Crippen LogP contribution in [0.1, 0.15) is 46.0 Å². The molecule has 0 radical (unpaired) electrons. The molecule has 0 aromatic rings. The number of hydrogen-bond acceptors (Lipinski definition) is 5. The van der Waals surface area contributed by atoms with Gasteiger partial charge in [0.2, 0.25) is 0 Å². The predicted octanol–water partition coefficient (Wildman–Crippen LogP) is 3.30. The van der Waals surface area contributed by atoms with Crippen molar-refractivity contribution in [3.8, 4) is 0 Å². The molecule has 0 aliphatic heterocycles. The summed E-state index contributed by atoms with van der Waals surface area (Å²) in [6.07, 6.45) is 4.84. The van der Waals surface area contributed by atoms with Gasteiger partial charge in [0.1, 0.15) is 0 Å². The Morgan fingerprint density at radius 2 is 1.81 bits per heavy atom. The van der Waals surface area contributed by atoms with E-state index >= 15 is 0 Å². The maximum atomic E-state index is 11.7. The molecule has 0 spiro atoms. The van der Waals surface area contributed by atoms with Crippen LogP contribution in [0.4, 0.5) is 4.79 Å². The second-order valence-electron chi connectivity index (χ2n) is 4.26. The molecular weight excluding hydrogens is 228 g/mol. The molecule has 0 aromatic heterocycles. The highest BCUT2D eigenvalue weighted by atomic mass is 32.2. The molecule has 4 nitrogen and oxygen atoms in total. The fourth-order valence-electron chi connectivity index (χ4n) is 1.85. The van der Waals surface area contributed by atoms with Gasteiger partial charge in [-0.3, -0.25) is 0 Å². The molecule has 0 bridgehead atoms. The molecule has 1 rings (SSSR count). The lowest BCUT2D eigenvalue weighted by Gasteiger charge is -2.29. The zero-order chi connectivity index (χ0) is 12.0. The topological polar surface area (TPSA) is 52.6 Å². The minimum Gasteiger partial charge on any atom is -0.247 e. The van der Waals surface area contributed by atoms with Crippen molar-refractivity contribution in [1.29, 1.82) is 0 Å². The van der Waals surface area contributed by atoms with E-state index in [4.69, 9.17) is 0 Å². The largest absolute Gasteiger partial charge is 0.413 e. The fourth-order valence-corrected chi connectivity index (χ4v) is 2.17. The predicted molar refractivity (Wildman–Crippen MR) is 61.9 cm³/mol. The molecule has 1 saturated carbocycles. The highest BCUT2D eigenvalue weighted by Gasteiger charge is 2.37.